The summed E-state index contributed by atoms with van der Waals surface area (Å²) < 4.78 is 204. The molecule has 0 spiro atoms. The van der Waals surface area contributed by atoms with Gasteiger partial charge in [0, 0.05) is 189 Å². The Kier molecular flexibility index (Phi) is 24.1. The van der Waals surface area contributed by atoms with Gasteiger partial charge >= 0.3 is 0 Å². The topological polar surface area (TPSA) is 457 Å². The van der Waals surface area contributed by atoms with E-state index in [-0.39, 0.29) is 177 Å². The second-order valence-corrected chi connectivity index (χ2v) is 20.9. The maximum absolute atomic E-state index is 12.6. The Balaban J connectivity index is 0.00000748. The monoisotopic (exact) mass is 1120 g/mol. The van der Waals surface area contributed by atoms with Gasteiger partial charge in [0.2, 0.25) is 0 Å². The molecule has 0 aliphatic heterocycles. The van der Waals surface area contributed by atoms with Crippen LogP contribution in [0.15, 0.2) is 110 Å². The summed E-state index contributed by atoms with van der Waals surface area (Å²) in [5, 5.41) is 53.8. The summed E-state index contributed by atoms with van der Waals surface area (Å²) in [7, 11) is -31.8. The van der Waals surface area contributed by atoms with E-state index >= 15 is 0 Å². The fraction of sp³-hybridized carbons (Fsp3) is 0. The number of benzene rings is 6. The standard InChI is InChI=1S/C30H20N4O22S6.6Na/c35-20-9-16(59(45,46)47)2-11-1-14(57(39,40)41)7-18(24(11)20)31-33-27-22(61(51,52)53)5-12-3-15(58(42,43)44)8-19(25(12)29(27)37)32-34-28-23(62(54,55)56)6-13-4-17(60(48,49)50)10-21(36)26(13)30(28)38;;;;;;/h1-10,35-38H,(H,39,40,41)(H,42,43,44)(H,45,46,47)(H,48,49,50)(H,51,52,53)(H,54,55,56);;;;;;. The fourth-order valence-corrected chi connectivity index (χ4v) is 9.30. The molecule has 0 saturated carbocycles. The Morgan fingerprint density at radius 1 is 0.309 bits per heavy atom. The van der Waals surface area contributed by atoms with Crippen molar-refractivity contribution in [2.24, 2.45) is 20.5 Å². The molecule has 0 aliphatic carbocycles. The molecule has 0 fully saturated rings. The molecule has 6 aromatic rings. The SMILES string of the molecule is O=S(=O)(O)c1cc(O)c2c(N=Nc3c(S(=O)(=O)O)cc4cc(S(=O)(=O)O)cc(N=Nc5c(S(=O)(=O)O)cc6cc(S(=O)(=O)O)cc(O)c6c5O)c4c3O)cc(S(=O)(=O)O)cc2c1.[Na].[Na].[Na].[Na].[Na].[Na]. The Hall–Kier alpha value is -0.0400. The van der Waals surface area contributed by atoms with Crippen molar-refractivity contribution in [2.45, 2.75) is 29.4 Å². The van der Waals surface area contributed by atoms with Crippen LogP contribution in [-0.4, -0.2) is 276 Å². The first-order chi connectivity index (χ1) is 28.2. The average Bonchev–Trinajstić information content (AvgIpc) is 3.10. The van der Waals surface area contributed by atoms with Gasteiger partial charge in [-0.15, -0.1) is 20.5 Å². The first-order valence-electron chi connectivity index (χ1n) is 15.5. The van der Waals surface area contributed by atoms with Crippen LogP contribution in [0.1, 0.15) is 0 Å². The van der Waals surface area contributed by atoms with Gasteiger partial charge in [0.1, 0.15) is 32.7 Å². The molecular formula is C30H20N4Na6O22S6. The normalized spacial score (nSPS) is 12.4. The predicted molar refractivity (Wildman–Crippen MR) is 240 cm³/mol. The first kappa shape index (κ1) is 68.0. The van der Waals surface area contributed by atoms with Crippen molar-refractivity contribution in [3.63, 3.8) is 0 Å². The number of hydrogen-bond donors (Lipinski definition) is 10. The molecule has 6 aromatic carbocycles. The van der Waals surface area contributed by atoms with Gasteiger partial charge in [0.15, 0.2) is 11.5 Å². The number of hydrogen-bond acceptors (Lipinski definition) is 20. The molecule has 0 aromatic heterocycles. The summed E-state index contributed by atoms with van der Waals surface area (Å²) in [6.45, 7) is 0. The maximum atomic E-state index is 12.6. The predicted octanol–water partition coefficient (Wildman–Crippen LogP) is 1.99. The van der Waals surface area contributed by atoms with Gasteiger partial charge in [0.25, 0.3) is 60.7 Å². The van der Waals surface area contributed by atoms with Gasteiger partial charge in [-0.1, -0.05) is 0 Å². The van der Waals surface area contributed by atoms with Crippen LogP contribution in [0.4, 0.5) is 22.7 Å². The van der Waals surface area contributed by atoms with Gasteiger partial charge in [-0.25, -0.2) is 0 Å². The summed E-state index contributed by atoms with van der Waals surface area (Å²) in [5.41, 5.74) is -4.45. The smallest absolute Gasteiger partial charge is 0.296 e. The Bertz CT molecular complexity index is 3800. The van der Waals surface area contributed by atoms with Crippen LogP contribution in [0.5, 0.6) is 23.0 Å². The van der Waals surface area contributed by atoms with Crippen molar-refractivity contribution in [3.8, 4) is 23.0 Å². The Morgan fingerprint density at radius 2 is 0.574 bits per heavy atom. The summed E-state index contributed by atoms with van der Waals surface area (Å²) in [6, 6.07) is 4.90. The van der Waals surface area contributed by atoms with Gasteiger partial charge in [-0.2, -0.15) is 50.5 Å². The van der Waals surface area contributed by atoms with Gasteiger partial charge < -0.3 is 20.4 Å². The molecule has 68 heavy (non-hydrogen) atoms. The van der Waals surface area contributed by atoms with Crippen LogP contribution >= 0.6 is 0 Å². The van der Waals surface area contributed by atoms with Crippen LogP contribution in [0, 0.1) is 0 Å². The van der Waals surface area contributed by atoms with Crippen molar-refractivity contribution in [1.29, 1.82) is 0 Å². The van der Waals surface area contributed by atoms with E-state index in [0.717, 1.165) is 0 Å². The molecule has 26 nitrogen and oxygen atoms in total. The van der Waals surface area contributed by atoms with Crippen LogP contribution in [-0.2, 0) is 60.7 Å². The minimum atomic E-state index is -5.60. The Labute approximate surface area is 516 Å². The molecule has 0 saturated heterocycles. The Morgan fingerprint density at radius 3 is 0.897 bits per heavy atom. The number of fused-ring (bicyclic) bond motifs is 3. The minimum absolute atomic E-state index is 0. The molecule has 0 atom stereocenters. The minimum Gasteiger partial charge on any atom is -0.507 e. The molecule has 0 heterocycles. The van der Waals surface area contributed by atoms with Crippen LogP contribution in [0.3, 0.4) is 0 Å². The van der Waals surface area contributed by atoms with E-state index in [4.69, 9.17) is 0 Å². The molecule has 0 bridgehead atoms. The van der Waals surface area contributed by atoms with E-state index < -0.39 is 168 Å². The molecule has 38 heteroatoms. The van der Waals surface area contributed by atoms with Crippen molar-refractivity contribution >= 4 is 293 Å². The molecule has 6 radical (unpaired) electrons. The van der Waals surface area contributed by atoms with Crippen molar-refractivity contribution in [1.82, 2.24) is 0 Å². The van der Waals surface area contributed by atoms with Crippen LogP contribution < -0.4 is 0 Å². The van der Waals surface area contributed by atoms with Crippen LogP contribution in [0.25, 0.3) is 32.3 Å². The number of nitrogens with zero attached hydrogens (tertiary/aromatic N) is 4. The third-order valence-electron chi connectivity index (χ3n) is 8.42. The largest absolute Gasteiger partial charge is 0.507 e. The number of aromatic hydroxyl groups is 4. The summed E-state index contributed by atoms with van der Waals surface area (Å²) >= 11 is 0. The number of phenols is 4. The molecule has 334 valence electrons. The second kappa shape index (κ2) is 24.1. The molecule has 0 amide bonds. The summed E-state index contributed by atoms with van der Waals surface area (Å²) in [6.07, 6.45) is 0. The second-order valence-electron chi connectivity index (χ2n) is 12.5. The molecule has 0 unspecified atom stereocenters. The number of azo groups is 2. The number of phenolic OH excluding ortho intramolecular Hbond substituents is 4. The third-order valence-corrected chi connectivity index (χ3v) is 13.5. The van der Waals surface area contributed by atoms with Crippen molar-refractivity contribution < 1.29 is 98.2 Å². The van der Waals surface area contributed by atoms with E-state index in [2.05, 4.69) is 20.5 Å². The van der Waals surface area contributed by atoms with Gasteiger partial charge in [-0.3, -0.25) is 27.3 Å². The molecule has 10 N–H and O–H groups in total. The quantitative estimate of drug-likeness (QED) is 0.0532. The maximum Gasteiger partial charge on any atom is 0.296 e. The van der Waals surface area contributed by atoms with Gasteiger partial charge in [0.05, 0.1) is 47.1 Å². The van der Waals surface area contributed by atoms with E-state index in [1.165, 1.54) is 0 Å². The van der Waals surface area contributed by atoms with E-state index in [0.29, 0.717) is 60.7 Å². The number of rotatable bonds is 10. The van der Waals surface area contributed by atoms with E-state index in [1.807, 2.05) is 0 Å². The third kappa shape index (κ3) is 14.6. The van der Waals surface area contributed by atoms with E-state index in [1.54, 1.807) is 0 Å². The molecular weight excluding hydrogens is 1100 g/mol. The fourth-order valence-electron chi connectivity index (χ4n) is 5.84. The van der Waals surface area contributed by atoms with Crippen molar-refractivity contribution in [3.05, 3.63) is 60.7 Å². The van der Waals surface area contributed by atoms with Crippen LogP contribution in [0.2, 0.25) is 0 Å². The zero-order valence-electron chi connectivity index (χ0n) is 35.4. The van der Waals surface area contributed by atoms with Gasteiger partial charge in [-0.05, 0) is 64.7 Å². The zero-order chi connectivity index (χ0) is 46.4. The average molecular weight is 1120 g/mol. The molecule has 6 rings (SSSR count). The summed E-state index contributed by atoms with van der Waals surface area (Å²) in [4.78, 5) is -7.02. The zero-order valence-corrected chi connectivity index (χ0v) is 52.3. The summed E-state index contributed by atoms with van der Waals surface area (Å²) in [5.74, 6) is -4.99. The first-order valence-corrected chi connectivity index (χ1v) is 24.2. The molecule has 0 aliphatic rings. The van der Waals surface area contributed by atoms with Crippen molar-refractivity contribution in [2.75, 3.05) is 0 Å². The van der Waals surface area contributed by atoms with E-state index in [9.17, 15) is 98.2 Å².